The van der Waals surface area contributed by atoms with Gasteiger partial charge in [0.25, 0.3) is 0 Å². The summed E-state index contributed by atoms with van der Waals surface area (Å²) in [5.41, 5.74) is 8.69. The van der Waals surface area contributed by atoms with Gasteiger partial charge in [-0.25, -0.2) is 4.98 Å². The Morgan fingerprint density at radius 2 is 2.12 bits per heavy atom. The van der Waals surface area contributed by atoms with Crippen molar-refractivity contribution in [3.05, 3.63) is 40.7 Å². The SMILES string of the molecule is Cc1ccc2nc(-c3ccc(Br)o3)c(N)n2c1. The molecule has 0 fully saturated rings. The van der Waals surface area contributed by atoms with Crippen molar-refractivity contribution < 1.29 is 4.42 Å². The summed E-state index contributed by atoms with van der Waals surface area (Å²) in [4.78, 5) is 4.46. The largest absolute Gasteiger partial charge is 0.448 e. The molecule has 0 unspecified atom stereocenters. The van der Waals surface area contributed by atoms with E-state index in [9.17, 15) is 0 Å². The van der Waals surface area contributed by atoms with Gasteiger partial charge in [0.2, 0.25) is 0 Å². The first-order valence-corrected chi connectivity index (χ1v) is 5.94. The number of halogens is 1. The Morgan fingerprint density at radius 3 is 2.82 bits per heavy atom. The van der Waals surface area contributed by atoms with Crippen LogP contribution >= 0.6 is 15.9 Å². The van der Waals surface area contributed by atoms with E-state index in [1.54, 1.807) is 0 Å². The standard InChI is InChI=1S/C12H10BrN3O/c1-7-2-5-10-15-11(12(14)16(10)6-7)8-3-4-9(13)17-8/h2-6H,14H2,1H3. The highest BCUT2D eigenvalue weighted by atomic mass is 79.9. The topological polar surface area (TPSA) is 56.5 Å². The number of hydrogen-bond donors (Lipinski definition) is 1. The Kier molecular flexibility index (Phi) is 2.22. The average Bonchev–Trinajstić information content (AvgIpc) is 2.84. The van der Waals surface area contributed by atoms with E-state index in [0.717, 1.165) is 11.2 Å². The molecular formula is C12H10BrN3O. The lowest BCUT2D eigenvalue weighted by molar-refractivity contribution is 0.554. The van der Waals surface area contributed by atoms with Crippen LogP contribution in [0, 0.1) is 6.92 Å². The maximum atomic E-state index is 6.07. The van der Waals surface area contributed by atoms with Gasteiger partial charge in [-0.15, -0.1) is 0 Å². The zero-order valence-corrected chi connectivity index (χ0v) is 10.7. The Balaban J connectivity index is 2.27. The molecule has 0 aliphatic rings. The normalized spacial score (nSPS) is 11.2. The minimum atomic E-state index is 0.588. The van der Waals surface area contributed by atoms with Crippen LogP contribution in [0.4, 0.5) is 5.82 Å². The number of fused-ring (bicyclic) bond motifs is 1. The lowest BCUT2D eigenvalue weighted by Crippen LogP contribution is -1.94. The molecule has 17 heavy (non-hydrogen) atoms. The Labute approximate surface area is 106 Å². The van der Waals surface area contributed by atoms with E-state index in [2.05, 4.69) is 20.9 Å². The van der Waals surface area contributed by atoms with Crippen molar-refractivity contribution in [1.29, 1.82) is 0 Å². The van der Waals surface area contributed by atoms with Crippen LogP contribution < -0.4 is 5.73 Å². The molecule has 0 amide bonds. The second-order valence-corrected chi connectivity index (χ2v) is 4.67. The first kappa shape index (κ1) is 10.4. The summed E-state index contributed by atoms with van der Waals surface area (Å²) in [5.74, 6) is 1.25. The number of aromatic nitrogens is 2. The summed E-state index contributed by atoms with van der Waals surface area (Å²) in [6, 6.07) is 7.61. The van der Waals surface area contributed by atoms with E-state index in [-0.39, 0.29) is 0 Å². The molecule has 3 heterocycles. The zero-order chi connectivity index (χ0) is 12.0. The minimum Gasteiger partial charge on any atom is -0.448 e. The van der Waals surface area contributed by atoms with Gasteiger partial charge in [0.05, 0.1) is 0 Å². The first-order valence-electron chi connectivity index (χ1n) is 5.15. The van der Waals surface area contributed by atoms with Crippen LogP contribution in [0.5, 0.6) is 0 Å². The van der Waals surface area contributed by atoms with Crippen LogP contribution in [0.2, 0.25) is 0 Å². The van der Waals surface area contributed by atoms with Crippen molar-refractivity contribution in [3.8, 4) is 11.5 Å². The van der Waals surface area contributed by atoms with Crippen LogP contribution in [0.1, 0.15) is 5.56 Å². The van der Waals surface area contributed by atoms with Gasteiger partial charge in [0, 0.05) is 6.20 Å². The molecule has 0 aliphatic heterocycles. The molecule has 0 radical (unpaired) electrons. The number of rotatable bonds is 1. The van der Waals surface area contributed by atoms with Crippen LogP contribution in [-0.4, -0.2) is 9.38 Å². The third-order valence-electron chi connectivity index (χ3n) is 2.61. The van der Waals surface area contributed by atoms with Crippen LogP contribution in [-0.2, 0) is 0 Å². The second-order valence-electron chi connectivity index (χ2n) is 3.88. The summed E-state index contributed by atoms with van der Waals surface area (Å²) >= 11 is 3.27. The number of aryl methyl sites for hydroxylation is 1. The van der Waals surface area contributed by atoms with Gasteiger partial charge in [-0.3, -0.25) is 4.40 Å². The Hall–Kier alpha value is -1.75. The minimum absolute atomic E-state index is 0.588. The van der Waals surface area contributed by atoms with Gasteiger partial charge in [-0.1, -0.05) is 6.07 Å². The van der Waals surface area contributed by atoms with Crippen LogP contribution in [0.25, 0.3) is 17.1 Å². The van der Waals surface area contributed by atoms with Crippen LogP contribution in [0.15, 0.2) is 39.5 Å². The summed E-state index contributed by atoms with van der Waals surface area (Å²) in [6.45, 7) is 2.02. The van der Waals surface area contributed by atoms with Gasteiger partial charge in [0.1, 0.15) is 17.2 Å². The lowest BCUT2D eigenvalue weighted by atomic mass is 10.3. The molecule has 3 aromatic rings. The molecule has 86 valence electrons. The number of imidazole rings is 1. The van der Waals surface area contributed by atoms with Gasteiger partial charge in [-0.05, 0) is 46.6 Å². The highest BCUT2D eigenvalue weighted by molar-refractivity contribution is 9.10. The number of hydrogen-bond acceptors (Lipinski definition) is 3. The van der Waals surface area contributed by atoms with Crippen molar-refractivity contribution in [1.82, 2.24) is 9.38 Å². The average molecular weight is 292 g/mol. The number of nitrogens with zero attached hydrogens (tertiary/aromatic N) is 2. The fourth-order valence-corrected chi connectivity index (χ4v) is 2.10. The van der Waals surface area contributed by atoms with E-state index in [4.69, 9.17) is 10.2 Å². The van der Waals surface area contributed by atoms with Gasteiger partial charge in [-0.2, -0.15) is 0 Å². The highest BCUT2D eigenvalue weighted by Gasteiger charge is 2.14. The predicted molar refractivity (Wildman–Crippen MR) is 69.7 cm³/mol. The van der Waals surface area contributed by atoms with E-state index < -0.39 is 0 Å². The molecular weight excluding hydrogens is 282 g/mol. The van der Waals surface area contributed by atoms with Gasteiger partial charge < -0.3 is 10.2 Å². The maximum Gasteiger partial charge on any atom is 0.169 e. The van der Waals surface area contributed by atoms with Crippen molar-refractivity contribution in [2.75, 3.05) is 5.73 Å². The van der Waals surface area contributed by atoms with Crippen molar-refractivity contribution >= 4 is 27.4 Å². The van der Waals surface area contributed by atoms with E-state index in [1.165, 1.54) is 0 Å². The van der Waals surface area contributed by atoms with Gasteiger partial charge >= 0.3 is 0 Å². The molecule has 0 saturated carbocycles. The summed E-state index contributed by atoms with van der Waals surface area (Å²) in [5, 5.41) is 0. The highest BCUT2D eigenvalue weighted by Crippen LogP contribution is 2.29. The summed E-state index contributed by atoms with van der Waals surface area (Å²) in [7, 11) is 0. The van der Waals surface area contributed by atoms with E-state index in [0.29, 0.717) is 21.9 Å². The zero-order valence-electron chi connectivity index (χ0n) is 9.14. The van der Waals surface area contributed by atoms with Crippen molar-refractivity contribution in [3.63, 3.8) is 0 Å². The second kappa shape index (κ2) is 3.63. The fourth-order valence-electron chi connectivity index (χ4n) is 1.79. The number of nitrogens with two attached hydrogens (primary N) is 1. The third kappa shape index (κ3) is 1.63. The molecule has 5 heteroatoms. The monoisotopic (exact) mass is 291 g/mol. The molecule has 0 saturated heterocycles. The van der Waals surface area contributed by atoms with Crippen molar-refractivity contribution in [2.45, 2.75) is 6.92 Å². The first-order chi connectivity index (χ1) is 8.15. The molecule has 3 aromatic heterocycles. The molecule has 2 N–H and O–H groups in total. The quantitative estimate of drug-likeness (QED) is 0.749. The number of nitrogen functional groups attached to an aromatic ring is 1. The van der Waals surface area contributed by atoms with E-state index >= 15 is 0 Å². The smallest absolute Gasteiger partial charge is 0.169 e. The van der Waals surface area contributed by atoms with E-state index in [1.807, 2.05) is 41.8 Å². The predicted octanol–water partition coefficient (Wildman–Crippen LogP) is 3.25. The maximum absolute atomic E-state index is 6.07. The molecule has 4 nitrogen and oxygen atoms in total. The number of anilines is 1. The number of furan rings is 1. The Bertz CT molecular complexity index is 699. The fraction of sp³-hybridized carbons (Fsp3) is 0.0833. The van der Waals surface area contributed by atoms with Crippen LogP contribution in [0.3, 0.4) is 0 Å². The molecule has 0 bridgehead atoms. The Morgan fingerprint density at radius 1 is 1.29 bits per heavy atom. The third-order valence-corrected chi connectivity index (χ3v) is 3.04. The summed E-state index contributed by atoms with van der Waals surface area (Å²) < 4.78 is 8.00. The number of pyridine rings is 1. The summed E-state index contributed by atoms with van der Waals surface area (Å²) in [6.07, 6.45) is 1.96. The van der Waals surface area contributed by atoms with Crippen molar-refractivity contribution in [2.24, 2.45) is 0 Å². The van der Waals surface area contributed by atoms with Gasteiger partial charge in [0.15, 0.2) is 10.4 Å². The molecule has 0 spiro atoms. The molecule has 3 rings (SSSR count). The molecule has 0 aromatic carbocycles. The molecule has 0 aliphatic carbocycles. The lowest BCUT2D eigenvalue weighted by Gasteiger charge is -1.97. The molecule has 0 atom stereocenters.